The summed E-state index contributed by atoms with van der Waals surface area (Å²) in [4.78, 5) is 59.9. The van der Waals surface area contributed by atoms with Gasteiger partial charge in [0.25, 0.3) is 0 Å². The van der Waals surface area contributed by atoms with Crippen molar-refractivity contribution in [2.45, 2.75) is 43.8 Å². The van der Waals surface area contributed by atoms with Gasteiger partial charge in [0.2, 0.25) is 5.91 Å². The molecule has 0 radical (unpaired) electrons. The number of aliphatic carboxylic acids is 1. The number of carboxylic acids is 1. The number of halogens is 2. The number of nitrogens with zero attached hydrogens (tertiary/aromatic N) is 4. The van der Waals surface area contributed by atoms with Crippen molar-refractivity contribution in [1.29, 1.82) is 0 Å². The minimum atomic E-state index is -1.92. The molecule has 2 aliphatic heterocycles. The van der Waals surface area contributed by atoms with Crippen LogP contribution in [-0.2, 0) is 42.2 Å². The summed E-state index contributed by atoms with van der Waals surface area (Å²) in [5.41, 5.74) is 1.46. The van der Waals surface area contributed by atoms with Crippen LogP contribution in [0, 0.1) is 11.6 Å². The summed E-state index contributed by atoms with van der Waals surface area (Å²) in [5, 5.41) is 15.1. The molecule has 0 aromatic heterocycles. The van der Waals surface area contributed by atoms with E-state index in [-0.39, 0.29) is 46.9 Å². The molecule has 10 nitrogen and oxygen atoms in total. The molecular formula is C39H35F2N4NiO6-. The van der Waals surface area contributed by atoms with Gasteiger partial charge < -0.3 is 20.0 Å². The predicted molar refractivity (Wildman–Crippen MR) is 185 cm³/mol. The summed E-state index contributed by atoms with van der Waals surface area (Å²) in [5.74, 6) is -6.63. The Hall–Kier alpha value is -5.26. The quantitative estimate of drug-likeness (QED) is 0.128. The molecule has 2 saturated heterocycles. The Balaban J connectivity index is 0.00000523. The summed E-state index contributed by atoms with van der Waals surface area (Å²) >= 11 is 0. The summed E-state index contributed by atoms with van der Waals surface area (Å²) in [7, 11) is 0. The second-order valence-electron chi connectivity index (χ2n) is 12.3. The first-order valence-electron chi connectivity index (χ1n) is 16.6. The van der Waals surface area contributed by atoms with E-state index in [1.165, 1.54) is 0 Å². The average Bonchev–Trinajstić information content (AvgIpc) is 3.78. The van der Waals surface area contributed by atoms with E-state index in [9.17, 15) is 24.3 Å². The number of aliphatic imine (C=N–C) groups is 1. The van der Waals surface area contributed by atoms with Crippen molar-refractivity contribution in [2.24, 2.45) is 4.99 Å². The van der Waals surface area contributed by atoms with Gasteiger partial charge in [0.05, 0.1) is 24.2 Å². The number of hydrogen-bond acceptors (Lipinski definition) is 7. The van der Waals surface area contributed by atoms with E-state index in [1.54, 1.807) is 54.6 Å². The number of likely N-dealkylation sites (tertiary alicyclic amines) is 1. The number of amides is 3. The molecule has 0 aliphatic carbocycles. The Morgan fingerprint density at radius 2 is 1.54 bits per heavy atom. The predicted octanol–water partition coefficient (Wildman–Crippen LogP) is 6.60. The molecule has 2 aliphatic rings. The fourth-order valence-corrected chi connectivity index (χ4v) is 6.58. The molecule has 272 valence electrons. The normalized spacial score (nSPS) is 17.2. The van der Waals surface area contributed by atoms with Crippen LogP contribution in [0.5, 0.6) is 0 Å². The molecule has 3 amide bonds. The number of carboxylic acid groups (broad SMARTS) is 1. The summed E-state index contributed by atoms with van der Waals surface area (Å²) in [6.07, 6.45) is -0.261. The molecule has 52 heavy (non-hydrogen) atoms. The van der Waals surface area contributed by atoms with E-state index < -0.39 is 59.6 Å². The number of carbonyl (C=O) groups is 4. The molecule has 2 fully saturated rings. The Bertz CT molecular complexity index is 1930. The molecule has 4 aromatic carbocycles. The second kappa shape index (κ2) is 17.3. The monoisotopic (exact) mass is 751 g/mol. The zero-order valence-corrected chi connectivity index (χ0v) is 28.8. The second-order valence-corrected chi connectivity index (χ2v) is 12.3. The third-order valence-corrected chi connectivity index (χ3v) is 9.04. The molecular weight excluding hydrogens is 717 g/mol. The van der Waals surface area contributed by atoms with Crippen LogP contribution >= 0.6 is 0 Å². The molecule has 0 spiro atoms. The Morgan fingerprint density at radius 1 is 0.885 bits per heavy atom. The minimum Gasteiger partial charge on any atom is -0.625 e. The topological polar surface area (TPSA) is 131 Å². The molecule has 0 saturated carbocycles. The van der Waals surface area contributed by atoms with Gasteiger partial charge in [-0.1, -0.05) is 91.0 Å². The molecule has 6 rings (SSSR count). The van der Waals surface area contributed by atoms with Crippen LogP contribution in [0.2, 0.25) is 0 Å². The summed E-state index contributed by atoms with van der Waals surface area (Å²) < 4.78 is 35.6. The Morgan fingerprint density at radius 3 is 2.19 bits per heavy atom. The number of rotatable bonds is 12. The first-order chi connectivity index (χ1) is 24.7. The maximum atomic E-state index is 15.4. The van der Waals surface area contributed by atoms with Gasteiger partial charge in [-0.15, -0.1) is 5.69 Å². The van der Waals surface area contributed by atoms with E-state index in [1.807, 2.05) is 30.3 Å². The summed E-state index contributed by atoms with van der Waals surface area (Å²) in [6.45, 7) is 1.15. The SMILES string of the molecule is O=C(O)[C@H](N=C(c1ccccc1)c1ccccc1[N-]C(=O)[C@@H]1CCCN1Cc1ccccc1)[C@@H](CC(=O)N1CCOC1=O)c1c(F)cccc1F.[Ni]. The van der Waals surface area contributed by atoms with Gasteiger partial charge in [-0.25, -0.2) is 23.3 Å². The van der Waals surface area contributed by atoms with Crippen LogP contribution < -0.4 is 0 Å². The molecule has 4 aromatic rings. The number of ether oxygens (including phenoxy) is 1. The fourth-order valence-electron chi connectivity index (χ4n) is 6.58. The Kier molecular flexibility index (Phi) is 12.6. The molecule has 0 unspecified atom stereocenters. The minimum absolute atomic E-state index is 0. The first kappa shape index (κ1) is 38.0. The molecule has 3 atom stereocenters. The van der Waals surface area contributed by atoms with Gasteiger partial charge in [0.15, 0.2) is 6.04 Å². The largest absolute Gasteiger partial charge is 0.625 e. The van der Waals surface area contributed by atoms with E-state index >= 15 is 8.78 Å². The fraction of sp³-hybridized carbons (Fsp3) is 0.256. The van der Waals surface area contributed by atoms with Gasteiger partial charge >= 0.3 is 12.1 Å². The molecule has 13 heteroatoms. The Labute approximate surface area is 309 Å². The van der Waals surface area contributed by atoms with Crippen LogP contribution in [0.15, 0.2) is 108 Å². The van der Waals surface area contributed by atoms with E-state index in [4.69, 9.17) is 4.74 Å². The summed E-state index contributed by atoms with van der Waals surface area (Å²) in [6, 6.07) is 25.6. The standard InChI is InChI=1S/C39H36F2N4O6.Ni/c40-29-16-9-17-30(41)34(29)28(23-33(46)45-21-22-51-39(45)50)36(38(48)49)43-35(26-13-5-2-6-14-26)27-15-7-8-18-31(27)42-37(47)32-19-10-20-44(32)24-25-11-3-1-4-12-25;/h1-9,11-18,28,32,36H,10,19-24H2,(H2,42,43,47,48,49);/p-1/t28-,32-,36+;/m0./s1. The molecule has 0 bridgehead atoms. The van der Waals surface area contributed by atoms with Crippen molar-refractivity contribution in [3.63, 3.8) is 0 Å². The molecule has 2 heterocycles. The van der Waals surface area contributed by atoms with Gasteiger partial charge in [-0.05, 0) is 42.6 Å². The number of carbonyl (C=O) groups excluding carboxylic acids is 3. The number of cyclic esters (lactones) is 1. The van der Waals surface area contributed by atoms with Crippen LogP contribution in [0.3, 0.4) is 0 Å². The van der Waals surface area contributed by atoms with Crippen molar-refractivity contribution in [2.75, 3.05) is 19.7 Å². The number of hydrogen-bond donors (Lipinski definition) is 1. The maximum absolute atomic E-state index is 15.4. The van der Waals surface area contributed by atoms with Gasteiger partial charge in [0.1, 0.15) is 18.2 Å². The van der Waals surface area contributed by atoms with Crippen molar-refractivity contribution in [3.05, 3.63) is 142 Å². The zero-order chi connectivity index (χ0) is 35.9. The van der Waals surface area contributed by atoms with Crippen molar-refractivity contribution in [1.82, 2.24) is 9.80 Å². The van der Waals surface area contributed by atoms with E-state index in [0.717, 1.165) is 41.6 Å². The smallest absolute Gasteiger partial charge is 0.416 e. The van der Waals surface area contributed by atoms with Gasteiger partial charge in [-0.3, -0.25) is 14.7 Å². The molecule has 1 N–H and O–H groups in total. The van der Waals surface area contributed by atoms with Crippen molar-refractivity contribution in [3.8, 4) is 0 Å². The third-order valence-electron chi connectivity index (χ3n) is 9.04. The van der Waals surface area contributed by atoms with Gasteiger partial charge in [-0.2, -0.15) is 0 Å². The van der Waals surface area contributed by atoms with Crippen LogP contribution in [0.1, 0.15) is 47.4 Å². The van der Waals surface area contributed by atoms with Crippen molar-refractivity contribution < 1.29 is 54.3 Å². The average molecular weight is 752 g/mol. The number of para-hydroxylation sites is 1. The van der Waals surface area contributed by atoms with Crippen molar-refractivity contribution >= 4 is 35.3 Å². The number of benzene rings is 4. The van der Waals surface area contributed by atoms with E-state index in [0.29, 0.717) is 24.1 Å². The first-order valence-corrected chi connectivity index (χ1v) is 16.6. The van der Waals surface area contributed by atoms with E-state index in [2.05, 4.69) is 15.2 Å². The zero-order valence-electron chi connectivity index (χ0n) is 27.8. The number of imide groups is 1. The third kappa shape index (κ3) is 8.61. The van der Waals surface area contributed by atoms with Crippen LogP contribution in [0.4, 0.5) is 19.3 Å². The maximum Gasteiger partial charge on any atom is 0.416 e. The van der Waals surface area contributed by atoms with Crippen LogP contribution in [0.25, 0.3) is 5.32 Å². The van der Waals surface area contributed by atoms with Crippen LogP contribution in [-0.4, -0.2) is 76.3 Å². The van der Waals surface area contributed by atoms with Gasteiger partial charge in [0, 0.05) is 46.5 Å².